The number of rotatable bonds is 3. The minimum Gasteiger partial charge on any atom is -0.505 e. The van der Waals surface area contributed by atoms with Crippen LogP contribution in [0, 0.1) is 0 Å². The van der Waals surface area contributed by atoms with E-state index in [2.05, 4.69) is 78.4 Å². The molecule has 0 radical (unpaired) electrons. The number of aromatic nitrogens is 1. The average molecular weight is 491 g/mol. The molecule has 5 heteroatoms. The van der Waals surface area contributed by atoms with Crippen molar-refractivity contribution in [3.8, 4) is 5.75 Å². The van der Waals surface area contributed by atoms with E-state index in [0.717, 1.165) is 22.3 Å². The molecule has 0 unspecified atom stereocenters. The summed E-state index contributed by atoms with van der Waals surface area (Å²) in [6, 6.07) is 8.02. The largest absolute Gasteiger partial charge is 0.505 e. The van der Waals surface area contributed by atoms with Crippen molar-refractivity contribution in [3.05, 3.63) is 52.4 Å². The number of phenols is 1. The van der Waals surface area contributed by atoms with Crippen molar-refractivity contribution >= 4 is 28.8 Å². The normalized spacial score (nSPS) is 13.7. The third kappa shape index (κ3) is 5.71. The summed E-state index contributed by atoms with van der Waals surface area (Å²) in [5.41, 5.74) is 4.95. The van der Waals surface area contributed by atoms with Crippen LogP contribution < -0.4 is 0 Å². The average Bonchev–Trinajstić information content (AvgIpc) is 3.13. The minimum absolute atomic E-state index is 0.00665. The molecule has 0 bridgehead atoms. The molecule has 36 heavy (non-hydrogen) atoms. The predicted octanol–water partition coefficient (Wildman–Crippen LogP) is 8.31. The Balaban J connectivity index is 2.10. The lowest BCUT2D eigenvalue weighted by Crippen LogP contribution is -2.16. The molecular weight excluding hydrogens is 448 g/mol. The van der Waals surface area contributed by atoms with Crippen LogP contribution in [0.2, 0.25) is 0 Å². The Bertz CT molecular complexity index is 1330. The molecule has 0 saturated carbocycles. The highest BCUT2D eigenvalue weighted by atomic mass is 16.4. The van der Waals surface area contributed by atoms with Gasteiger partial charge < -0.3 is 9.52 Å². The summed E-state index contributed by atoms with van der Waals surface area (Å²) >= 11 is 0. The highest BCUT2D eigenvalue weighted by molar-refractivity contribution is 6.34. The van der Waals surface area contributed by atoms with Crippen molar-refractivity contribution in [2.75, 3.05) is 0 Å². The van der Waals surface area contributed by atoms with Crippen LogP contribution in [0.25, 0.3) is 11.1 Å². The Morgan fingerprint density at radius 1 is 0.778 bits per heavy atom. The van der Waals surface area contributed by atoms with Gasteiger partial charge in [-0.25, -0.2) is 9.98 Å². The van der Waals surface area contributed by atoms with Gasteiger partial charge in [0.1, 0.15) is 17.0 Å². The molecule has 0 spiro atoms. The van der Waals surface area contributed by atoms with E-state index in [4.69, 9.17) is 4.42 Å². The SMILES string of the molecule is CC(C)(C)c1cc(N=CC(=O)c2nc3cc(C(C)(C)C)cc(C(C)(C)C)c3o2)c(O)c(C(C)(C)C)c1. The second kappa shape index (κ2) is 8.86. The van der Waals surface area contributed by atoms with Crippen molar-refractivity contribution in [2.24, 2.45) is 4.99 Å². The van der Waals surface area contributed by atoms with E-state index in [0.29, 0.717) is 16.8 Å². The highest BCUT2D eigenvalue weighted by Gasteiger charge is 2.27. The number of aromatic hydroxyl groups is 1. The van der Waals surface area contributed by atoms with E-state index in [1.54, 1.807) is 0 Å². The summed E-state index contributed by atoms with van der Waals surface area (Å²) in [5.74, 6) is -0.365. The van der Waals surface area contributed by atoms with E-state index in [1.165, 1.54) is 6.21 Å². The zero-order valence-corrected chi connectivity index (χ0v) is 24.0. The van der Waals surface area contributed by atoms with Gasteiger partial charge >= 0.3 is 0 Å². The topological polar surface area (TPSA) is 75.7 Å². The zero-order chi connectivity index (χ0) is 27.4. The predicted molar refractivity (Wildman–Crippen MR) is 149 cm³/mol. The van der Waals surface area contributed by atoms with Crippen LogP contribution in [0.5, 0.6) is 5.75 Å². The Morgan fingerprint density at radius 2 is 1.28 bits per heavy atom. The van der Waals surface area contributed by atoms with Crippen LogP contribution in [0.4, 0.5) is 5.69 Å². The summed E-state index contributed by atoms with van der Waals surface area (Å²) in [6.45, 7) is 25.3. The molecule has 3 aromatic rings. The third-order valence-corrected chi connectivity index (χ3v) is 6.46. The molecule has 0 fully saturated rings. The first-order chi connectivity index (χ1) is 16.2. The van der Waals surface area contributed by atoms with E-state index in [9.17, 15) is 9.90 Å². The number of oxazole rings is 1. The first-order valence-corrected chi connectivity index (χ1v) is 12.6. The quantitative estimate of drug-likeness (QED) is 0.296. The van der Waals surface area contributed by atoms with E-state index >= 15 is 0 Å². The second-order valence-electron chi connectivity index (χ2n) is 13.9. The Hall–Kier alpha value is -2.95. The number of benzene rings is 2. The van der Waals surface area contributed by atoms with Crippen molar-refractivity contribution in [2.45, 2.75) is 105 Å². The molecule has 0 atom stereocenters. The molecule has 0 amide bonds. The van der Waals surface area contributed by atoms with E-state index in [-0.39, 0.29) is 33.3 Å². The van der Waals surface area contributed by atoms with Crippen LogP contribution in [0.3, 0.4) is 0 Å². The van der Waals surface area contributed by atoms with Crippen molar-refractivity contribution < 1.29 is 14.3 Å². The van der Waals surface area contributed by atoms with Crippen LogP contribution in [-0.4, -0.2) is 22.1 Å². The smallest absolute Gasteiger partial charge is 0.270 e. The van der Waals surface area contributed by atoms with Crippen LogP contribution in [0.15, 0.2) is 33.7 Å². The standard InChI is InChI=1S/C31H42N2O3/c1-28(2,3)18-13-20(30(7,8)9)25(35)22(15-18)32-17-24(34)27-33-23-16-19(29(4,5)6)14-21(26(23)36-27)31(10,11)12/h13-17,35H,1-12H3. The molecule has 1 N–H and O–H groups in total. The first-order valence-electron chi connectivity index (χ1n) is 12.6. The van der Waals surface area contributed by atoms with Gasteiger partial charge in [0.05, 0.1) is 6.21 Å². The van der Waals surface area contributed by atoms with Gasteiger partial charge in [-0.05, 0) is 44.9 Å². The third-order valence-electron chi connectivity index (χ3n) is 6.46. The molecule has 0 saturated heterocycles. The maximum atomic E-state index is 13.1. The van der Waals surface area contributed by atoms with Gasteiger partial charge in [0, 0.05) is 11.1 Å². The molecule has 1 heterocycles. The van der Waals surface area contributed by atoms with E-state index in [1.807, 2.05) is 39.0 Å². The summed E-state index contributed by atoms with van der Waals surface area (Å²) in [5, 5.41) is 11.0. The van der Waals surface area contributed by atoms with Crippen molar-refractivity contribution in [1.29, 1.82) is 0 Å². The summed E-state index contributed by atoms with van der Waals surface area (Å²) in [4.78, 5) is 22.1. The number of carbonyl (C=O) groups excluding carboxylic acids is 1. The fourth-order valence-corrected chi connectivity index (χ4v) is 4.03. The number of carbonyl (C=O) groups is 1. The molecule has 0 aliphatic heterocycles. The number of aliphatic imine (C=N–C) groups is 1. The number of nitrogens with zero attached hydrogens (tertiary/aromatic N) is 2. The molecule has 1 aromatic heterocycles. The number of Topliss-reactive ketones (excluding diaryl/α,β-unsaturated/α-hetero) is 1. The fraction of sp³-hybridized carbons (Fsp3) is 0.516. The molecule has 0 aliphatic carbocycles. The molecule has 0 aliphatic rings. The Labute approximate surface area is 216 Å². The molecule has 2 aromatic carbocycles. The minimum atomic E-state index is -0.443. The first kappa shape index (κ1) is 27.6. The van der Waals surface area contributed by atoms with Crippen LogP contribution >= 0.6 is 0 Å². The lowest BCUT2D eigenvalue weighted by Gasteiger charge is -2.26. The summed E-state index contributed by atoms with van der Waals surface area (Å²) in [6.07, 6.45) is 1.19. The van der Waals surface area contributed by atoms with Gasteiger partial charge in [-0.15, -0.1) is 0 Å². The lowest BCUT2D eigenvalue weighted by atomic mass is 9.80. The zero-order valence-electron chi connectivity index (χ0n) is 24.0. The van der Waals surface area contributed by atoms with Gasteiger partial charge in [0.25, 0.3) is 11.7 Å². The summed E-state index contributed by atoms with van der Waals surface area (Å²) in [7, 11) is 0. The van der Waals surface area contributed by atoms with Gasteiger partial charge in [0.2, 0.25) is 0 Å². The number of hydrogen-bond acceptors (Lipinski definition) is 5. The number of ketones is 1. The molecule has 3 rings (SSSR count). The van der Waals surface area contributed by atoms with Crippen molar-refractivity contribution in [3.63, 3.8) is 0 Å². The maximum absolute atomic E-state index is 13.1. The number of phenolic OH excluding ortho intramolecular Hbond substituents is 1. The van der Waals surface area contributed by atoms with Gasteiger partial charge in [0.15, 0.2) is 5.58 Å². The molecular formula is C31H42N2O3. The maximum Gasteiger partial charge on any atom is 0.270 e. The fourth-order valence-electron chi connectivity index (χ4n) is 4.03. The van der Waals surface area contributed by atoms with Gasteiger partial charge in [-0.1, -0.05) is 95.2 Å². The van der Waals surface area contributed by atoms with Crippen LogP contribution in [-0.2, 0) is 21.7 Å². The second-order valence-corrected chi connectivity index (χ2v) is 13.9. The van der Waals surface area contributed by atoms with Crippen molar-refractivity contribution in [1.82, 2.24) is 4.98 Å². The Kier molecular flexibility index (Phi) is 6.80. The van der Waals surface area contributed by atoms with Gasteiger partial charge in [-0.3, -0.25) is 4.79 Å². The number of hydrogen-bond donors (Lipinski definition) is 1. The van der Waals surface area contributed by atoms with Gasteiger partial charge in [-0.2, -0.15) is 0 Å². The highest BCUT2D eigenvalue weighted by Crippen LogP contribution is 2.41. The lowest BCUT2D eigenvalue weighted by molar-refractivity contribution is 0.104. The molecule has 194 valence electrons. The number of fused-ring (bicyclic) bond motifs is 1. The summed E-state index contributed by atoms with van der Waals surface area (Å²) < 4.78 is 6.02. The van der Waals surface area contributed by atoms with Crippen LogP contribution in [0.1, 0.15) is 116 Å². The Morgan fingerprint density at radius 3 is 1.78 bits per heavy atom. The molecule has 5 nitrogen and oxygen atoms in total. The monoisotopic (exact) mass is 490 g/mol. The van der Waals surface area contributed by atoms with E-state index < -0.39 is 5.78 Å².